The van der Waals surface area contributed by atoms with Crippen LogP contribution in [0.1, 0.15) is 16.7 Å². The molecule has 3 nitrogen and oxygen atoms in total. The predicted molar refractivity (Wildman–Crippen MR) is 76.9 cm³/mol. The van der Waals surface area contributed by atoms with Crippen molar-refractivity contribution in [3.8, 4) is 11.8 Å². The van der Waals surface area contributed by atoms with Crippen LogP contribution in [0.4, 0.5) is 11.4 Å². The van der Waals surface area contributed by atoms with Gasteiger partial charge in [0.05, 0.1) is 18.7 Å². The Labute approximate surface area is 113 Å². The molecule has 0 atom stereocenters. The molecule has 0 unspecified atom stereocenters. The maximum Gasteiger partial charge on any atom is 0.121 e. The number of rotatable bonds is 3. The van der Waals surface area contributed by atoms with Crippen LogP contribution < -0.4 is 10.1 Å². The summed E-state index contributed by atoms with van der Waals surface area (Å²) in [6.45, 7) is 3.94. The summed E-state index contributed by atoms with van der Waals surface area (Å²) in [5.74, 6) is 0.876. The number of hydrogen-bond acceptors (Lipinski definition) is 3. The van der Waals surface area contributed by atoms with Crippen LogP contribution in [-0.2, 0) is 0 Å². The molecule has 0 heterocycles. The van der Waals surface area contributed by atoms with E-state index in [2.05, 4.69) is 11.4 Å². The molecule has 1 N–H and O–H groups in total. The highest BCUT2D eigenvalue weighted by Gasteiger charge is 2.02. The number of hydrogen-bond donors (Lipinski definition) is 1. The standard InChI is InChI=1S/C16H16N2O/c1-11-8-14(5-4-13(11)10-17)18-15-6-7-16(19-3)12(2)9-15/h4-9,18H,1-3H3. The van der Waals surface area contributed by atoms with Gasteiger partial charge in [0.25, 0.3) is 0 Å². The van der Waals surface area contributed by atoms with Crippen molar-refractivity contribution in [1.82, 2.24) is 0 Å². The zero-order valence-corrected chi connectivity index (χ0v) is 11.3. The fourth-order valence-corrected chi connectivity index (χ4v) is 1.99. The van der Waals surface area contributed by atoms with E-state index < -0.39 is 0 Å². The molecule has 2 rings (SSSR count). The summed E-state index contributed by atoms with van der Waals surface area (Å²) >= 11 is 0. The monoisotopic (exact) mass is 252 g/mol. The molecule has 2 aromatic rings. The van der Waals surface area contributed by atoms with E-state index in [4.69, 9.17) is 10.00 Å². The van der Waals surface area contributed by atoms with Gasteiger partial charge < -0.3 is 10.1 Å². The van der Waals surface area contributed by atoms with Gasteiger partial charge >= 0.3 is 0 Å². The second-order valence-electron chi connectivity index (χ2n) is 4.45. The third kappa shape index (κ3) is 2.86. The lowest BCUT2D eigenvalue weighted by Gasteiger charge is -2.10. The van der Waals surface area contributed by atoms with E-state index in [0.29, 0.717) is 5.56 Å². The third-order valence-corrected chi connectivity index (χ3v) is 3.03. The topological polar surface area (TPSA) is 45.0 Å². The summed E-state index contributed by atoms with van der Waals surface area (Å²) in [4.78, 5) is 0. The van der Waals surface area contributed by atoms with Gasteiger partial charge in [-0.1, -0.05) is 0 Å². The Morgan fingerprint density at radius 3 is 2.16 bits per heavy atom. The van der Waals surface area contributed by atoms with Crippen LogP contribution in [0.3, 0.4) is 0 Å². The Bertz CT molecular complexity index is 642. The Morgan fingerprint density at radius 1 is 1.00 bits per heavy atom. The van der Waals surface area contributed by atoms with Crippen LogP contribution in [0, 0.1) is 25.2 Å². The zero-order chi connectivity index (χ0) is 13.8. The lowest BCUT2D eigenvalue weighted by atomic mass is 10.1. The molecule has 2 aromatic carbocycles. The second kappa shape index (κ2) is 5.45. The third-order valence-electron chi connectivity index (χ3n) is 3.03. The second-order valence-corrected chi connectivity index (χ2v) is 4.45. The molecule has 0 fully saturated rings. The van der Waals surface area contributed by atoms with Crippen LogP contribution >= 0.6 is 0 Å². The van der Waals surface area contributed by atoms with E-state index in [0.717, 1.165) is 28.3 Å². The molecule has 0 radical (unpaired) electrons. The maximum atomic E-state index is 8.91. The highest BCUT2D eigenvalue weighted by atomic mass is 16.5. The van der Waals surface area contributed by atoms with Crippen molar-refractivity contribution in [3.05, 3.63) is 53.1 Å². The van der Waals surface area contributed by atoms with Gasteiger partial charge in [-0.25, -0.2) is 0 Å². The van der Waals surface area contributed by atoms with Gasteiger partial charge in [0.2, 0.25) is 0 Å². The van der Waals surface area contributed by atoms with Crippen molar-refractivity contribution in [1.29, 1.82) is 5.26 Å². The smallest absolute Gasteiger partial charge is 0.121 e. The predicted octanol–water partition coefficient (Wildman–Crippen LogP) is 3.93. The number of methoxy groups -OCH3 is 1. The van der Waals surface area contributed by atoms with E-state index >= 15 is 0 Å². The number of anilines is 2. The molecule has 0 saturated heterocycles. The van der Waals surface area contributed by atoms with Gasteiger partial charge in [0, 0.05) is 11.4 Å². The van der Waals surface area contributed by atoms with E-state index in [9.17, 15) is 0 Å². The first-order valence-electron chi connectivity index (χ1n) is 6.06. The van der Waals surface area contributed by atoms with Gasteiger partial charge in [-0.15, -0.1) is 0 Å². The van der Waals surface area contributed by atoms with Gasteiger partial charge in [0.1, 0.15) is 5.75 Å². The first-order valence-corrected chi connectivity index (χ1v) is 6.06. The Kier molecular flexibility index (Phi) is 3.72. The summed E-state index contributed by atoms with van der Waals surface area (Å²) in [5, 5.41) is 12.2. The van der Waals surface area contributed by atoms with Crippen molar-refractivity contribution in [3.63, 3.8) is 0 Å². The summed E-state index contributed by atoms with van der Waals surface area (Å²) in [6.07, 6.45) is 0. The number of nitrogens with zero attached hydrogens (tertiary/aromatic N) is 1. The highest BCUT2D eigenvalue weighted by Crippen LogP contribution is 2.25. The first-order chi connectivity index (χ1) is 9.13. The normalized spacial score (nSPS) is 9.79. The van der Waals surface area contributed by atoms with Crippen molar-refractivity contribution in [2.45, 2.75) is 13.8 Å². The summed E-state index contributed by atoms with van der Waals surface area (Å²) < 4.78 is 5.24. The molecule has 19 heavy (non-hydrogen) atoms. The number of aryl methyl sites for hydroxylation is 2. The van der Waals surface area contributed by atoms with Gasteiger partial charge in [-0.05, 0) is 61.4 Å². The van der Waals surface area contributed by atoms with Crippen LogP contribution in [-0.4, -0.2) is 7.11 Å². The SMILES string of the molecule is COc1ccc(Nc2ccc(C#N)c(C)c2)cc1C. The van der Waals surface area contributed by atoms with Crippen LogP contribution in [0.25, 0.3) is 0 Å². The molecule has 3 heteroatoms. The molecule has 0 aromatic heterocycles. The van der Waals surface area contributed by atoms with Gasteiger partial charge in [0.15, 0.2) is 0 Å². The van der Waals surface area contributed by atoms with E-state index in [1.54, 1.807) is 7.11 Å². The molecular formula is C16H16N2O. The minimum Gasteiger partial charge on any atom is -0.496 e. The van der Waals surface area contributed by atoms with E-state index in [1.807, 2.05) is 50.2 Å². The van der Waals surface area contributed by atoms with Crippen molar-refractivity contribution < 1.29 is 4.74 Å². The average Bonchev–Trinajstić information content (AvgIpc) is 2.39. The van der Waals surface area contributed by atoms with Gasteiger partial charge in [-0.3, -0.25) is 0 Å². The summed E-state index contributed by atoms with van der Waals surface area (Å²) in [6, 6.07) is 13.8. The van der Waals surface area contributed by atoms with Gasteiger partial charge in [-0.2, -0.15) is 5.26 Å². The zero-order valence-electron chi connectivity index (χ0n) is 11.3. The molecule has 96 valence electrons. The molecule has 0 aliphatic heterocycles. The molecule has 0 amide bonds. The molecule has 0 saturated carbocycles. The fourth-order valence-electron chi connectivity index (χ4n) is 1.99. The largest absolute Gasteiger partial charge is 0.496 e. The van der Waals surface area contributed by atoms with E-state index in [-0.39, 0.29) is 0 Å². The lowest BCUT2D eigenvalue weighted by molar-refractivity contribution is 0.412. The summed E-state index contributed by atoms with van der Waals surface area (Å²) in [5.41, 5.74) is 4.73. The Balaban J connectivity index is 2.24. The van der Waals surface area contributed by atoms with Crippen LogP contribution in [0.5, 0.6) is 5.75 Å². The maximum absolute atomic E-state index is 8.91. The Morgan fingerprint density at radius 2 is 1.63 bits per heavy atom. The van der Waals surface area contributed by atoms with E-state index in [1.165, 1.54) is 0 Å². The number of ether oxygens (including phenoxy) is 1. The number of nitrogens with one attached hydrogen (secondary N) is 1. The van der Waals surface area contributed by atoms with Crippen LogP contribution in [0.2, 0.25) is 0 Å². The molecule has 0 bridgehead atoms. The van der Waals surface area contributed by atoms with Crippen LogP contribution in [0.15, 0.2) is 36.4 Å². The minimum absolute atomic E-state index is 0.705. The molecular weight excluding hydrogens is 236 g/mol. The molecule has 0 aliphatic carbocycles. The lowest BCUT2D eigenvalue weighted by Crippen LogP contribution is -1.94. The number of nitriles is 1. The number of benzene rings is 2. The molecule has 0 aliphatic rings. The highest BCUT2D eigenvalue weighted by molar-refractivity contribution is 5.63. The Hall–Kier alpha value is -2.47. The van der Waals surface area contributed by atoms with Crippen molar-refractivity contribution in [2.75, 3.05) is 12.4 Å². The minimum atomic E-state index is 0.705. The fraction of sp³-hybridized carbons (Fsp3) is 0.188. The first kappa shape index (κ1) is 13.0. The van der Waals surface area contributed by atoms with Crippen molar-refractivity contribution >= 4 is 11.4 Å². The van der Waals surface area contributed by atoms with Crippen molar-refractivity contribution in [2.24, 2.45) is 0 Å². The average molecular weight is 252 g/mol. The quantitative estimate of drug-likeness (QED) is 0.900. The summed E-state index contributed by atoms with van der Waals surface area (Å²) in [7, 11) is 1.67. The molecule has 0 spiro atoms.